The van der Waals surface area contributed by atoms with Crippen LogP contribution in [0.5, 0.6) is 0 Å². The summed E-state index contributed by atoms with van der Waals surface area (Å²) in [4.78, 5) is 2.29. The van der Waals surface area contributed by atoms with Crippen LogP contribution in [0.15, 0.2) is 0 Å². The van der Waals surface area contributed by atoms with Crippen LogP contribution in [0.25, 0.3) is 0 Å². The molecule has 0 amide bonds. The van der Waals surface area contributed by atoms with Gasteiger partial charge in [0.2, 0.25) is 0 Å². The third kappa shape index (κ3) is 4.12. The monoisotopic (exact) mass is 212 g/mol. The van der Waals surface area contributed by atoms with E-state index in [1.807, 2.05) is 0 Å². The van der Waals surface area contributed by atoms with Crippen molar-refractivity contribution in [2.75, 3.05) is 20.6 Å². The molecule has 0 heterocycles. The highest BCUT2D eigenvalue weighted by atomic mass is 15.1. The Balaban J connectivity index is 2.29. The van der Waals surface area contributed by atoms with Gasteiger partial charge in [0.05, 0.1) is 0 Å². The quantitative estimate of drug-likeness (QED) is 0.753. The van der Waals surface area contributed by atoms with Crippen molar-refractivity contribution in [1.82, 2.24) is 10.2 Å². The lowest BCUT2D eigenvalue weighted by Crippen LogP contribution is -2.44. The number of hydrogen-bond acceptors (Lipinski definition) is 2. The summed E-state index contributed by atoms with van der Waals surface area (Å²) >= 11 is 0. The summed E-state index contributed by atoms with van der Waals surface area (Å²) in [6, 6.07) is 1.43. The summed E-state index contributed by atoms with van der Waals surface area (Å²) in [5.74, 6) is 0.924. The molecule has 1 saturated carbocycles. The van der Waals surface area contributed by atoms with Gasteiger partial charge >= 0.3 is 0 Å². The second-order valence-electron chi connectivity index (χ2n) is 5.28. The molecule has 1 aliphatic carbocycles. The molecule has 3 unspecified atom stereocenters. The predicted molar refractivity (Wildman–Crippen MR) is 67.2 cm³/mol. The standard InChI is InChI=1S/C13H28N2/c1-5-12-8-6-7-9-13(12)14-10-11(2)15(3)4/h11-14H,5-10H2,1-4H3. The Morgan fingerprint density at radius 1 is 1.27 bits per heavy atom. The Morgan fingerprint density at radius 3 is 2.53 bits per heavy atom. The molecular weight excluding hydrogens is 184 g/mol. The molecule has 0 bridgehead atoms. The van der Waals surface area contributed by atoms with E-state index >= 15 is 0 Å². The number of nitrogens with zero attached hydrogens (tertiary/aromatic N) is 1. The minimum absolute atomic E-state index is 0.643. The first-order valence-electron chi connectivity index (χ1n) is 6.55. The molecule has 0 aromatic heterocycles. The number of rotatable bonds is 5. The van der Waals surface area contributed by atoms with Gasteiger partial charge in [-0.3, -0.25) is 0 Å². The van der Waals surface area contributed by atoms with Crippen LogP contribution in [-0.2, 0) is 0 Å². The lowest BCUT2D eigenvalue weighted by molar-refractivity contribution is 0.227. The molecule has 2 heteroatoms. The van der Waals surface area contributed by atoms with Crippen LogP contribution >= 0.6 is 0 Å². The lowest BCUT2D eigenvalue weighted by atomic mass is 9.83. The summed E-state index contributed by atoms with van der Waals surface area (Å²) in [6.45, 7) is 5.75. The van der Waals surface area contributed by atoms with E-state index in [4.69, 9.17) is 0 Å². The van der Waals surface area contributed by atoms with Crippen molar-refractivity contribution in [3.63, 3.8) is 0 Å². The van der Waals surface area contributed by atoms with Crippen molar-refractivity contribution in [2.45, 2.75) is 58.0 Å². The molecule has 0 saturated heterocycles. The first kappa shape index (κ1) is 13.0. The second-order valence-corrected chi connectivity index (χ2v) is 5.28. The van der Waals surface area contributed by atoms with Crippen molar-refractivity contribution in [2.24, 2.45) is 5.92 Å². The number of nitrogens with one attached hydrogen (secondary N) is 1. The molecule has 0 radical (unpaired) electrons. The molecule has 0 aliphatic heterocycles. The van der Waals surface area contributed by atoms with E-state index in [1.54, 1.807) is 0 Å². The zero-order valence-corrected chi connectivity index (χ0v) is 10.9. The Morgan fingerprint density at radius 2 is 1.93 bits per heavy atom. The molecule has 0 aromatic carbocycles. The molecule has 1 fully saturated rings. The van der Waals surface area contributed by atoms with E-state index in [0.29, 0.717) is 6.04 Å². The highest BCUT2D eigenvalue weighted by molar-refractivity contribution is 4.81. The fraction of sp³-hybridized carbons (Fsp3) is 1.00. The Labute approximate surface area is 95.4 Å². The third-order valence-corrected chi connectivity index (χ3v) is 3.99. The Bertz CT molecular complexity index is 168. The Kier molecular flexibility index (Phi) is 5.62. The van der Waals surface area contributed by atoms with Gasteiger partial charge in [0, 0.05) is 18.6 Å². The van der Waals surface area contributed by atoms with Crippen molar-refractivity contribution >= 4 is 0 Å². The molecule has 1 aliphatic rings. The second kappa shape index (κ2) is 6.49. The van der Waals surface area contributed by atoms with Crippen LogP contribution in [0.2, 0.25) is 0 Å². The minimum atomic E-state index is 0.643. The summed E-state index contributed by atoms with van der Waals surface area (Å²) in [5.41, 5.74) is 0. The van der Waals surface area contributed by atoms with Gasteiger partial charge in [0.25, 0.3) is 0 Å². The van der Waals surface area contributed by atoms with Crippen LogP contribution < -0.4 is 5.32 Å². The van der Waals surface area contributed by atoms with E-state index in [9.17, 15) is 0 Å². The average molecular weight is 212 g/mol. The maximum atomic E-state index is 3.76. The highest BCUT2D eigenvalue weighted by Crippen LogP contribution is 2.26. The smallest absolute Gasteiger partial charge is 0.0186 e. The van der Waals surface area contributed by atoms with E-state index in [0.717, 1.165) is 18.5 Å². The number of hydrogen-bond donors (Lipinski definition) is 1. The van der Waals surface area contributed by atoms with Gasteiger partial charge < -0.3 is 10.2 Å². The summed E-state index contributed by atoms with van der Waals surface area (Å²) in [6.07, 6.45) is 7.03. The van der Waals surface area contributed by atoms with Crippen molar-refractivity contribution in [3.8, 4) is 0 Å². The van der Waals surface area contributed by atoms with Gasteiger partial charge in [-0.2, -0.15) is 0 Å². The summed E-state index contributed by atoms with van der Waals surface area (Å²) in [7, 11) is 4.31. The molecule has 0 spiro atoms. The van der Waals surface area contributed by atoms with E-state index in [2.05, 4.69) is 38.2 Å². The SMILES string of the molecule is CCC1CCCCC1NCC(C)N(C)C. The van der Waals surface area contributed by atoms with Crippen LogP contribution in [0, 0.1) is 5.92 Å². The number of likely N-dealkylation sites (N-methyl/N-ethyl adjacent to an activating group) is 1. The van der Waals surface area contributed by atoms with Gasteiger partial charge in [-0.15, -0.1) is 0 Å². The van der Waals surface area contributed by atoms with E-state index in [-0.39, 0.29) is 0 Å². The molecular formula is C13H28N2. The van der Waals surface area contributed by atoms with E-state index in [1.165, 1.54) is 32.1 Å². The van der Waals surface area contributed by atoms with Crippen LogP contribution in [0.4, 0.5) is 0 Å². The first-order chi connectivity index (χ1) is 7.15. The van der Waals surface area contributed by atoms with Crippen LogP contribution in [-0.4, -0.2) is 37.6 Å². The molecule has 1 rings (SSSR count). The Hall–Kier alpha value is -0.0800. The highest BCUT2D eigenvalue weighted by Gasteiger charge is 2.23. The fourth-order valence-electron chi connectivity index (χ4n) is 2.47. The van der Waals surface area contributed by atoms with Crippen molar-refractivity contribution < 1.29 is 0 Å². The van der Waals surface area contributed by atoms with Crippen molar-refractivity contribution in [3.05, 3.63) is 0 Å². The molecule has 2 nitrogen and oxygen atoms in total. The minimum Gasteiger partial charge on any atom is -0.312 e. The van der Waals surface area contributed by atoms with Gasteiger partial charge in [0.15, 0.2) is 0 Å². The third-order valence-electron chi connectivity index (χ3n) is 3.99. The molecule has 15 heavy (non-hydrogen) atoms. The van der Waals surface area contributed by atoms with Gasteiger partial charge in [-0.1, -0.05) is 26.2 Å². The molecule has 0 aromatic rings. The predicted octanol–water partition coefficient (Wildman–Crippen LogP) is 2.49. The molecule has 1 N–H and O–H groups in total. The van der Waals surface area contributed by atoms with Gasteiger partial charge in [-0.25, -0.2) is 0 Å². The summed E-state index contributed by atoms with van der Waals surface area (Å²) < 4.78 is 0. The average Bonchev–Trinajstić information content (AvgIpc) is 2.26. The van der Waals surface area contributed by atoms with Crippen molar-refractivity contribution in [1.29, 1.82) is 0 Å². The van der Waals surface area contributed by atoms with Gasteiger partial charge in [0.1, 0.15) is 0 Å². The largest absolute Gasteiger partial charge is 0.312 e. The lowest BCUT2D eigenvalue weighted by Gasteiger charge is -2.33. The van der Waals surface area contributed by atoms with Crippen LogP contribution in [0.1, 0.15) is 46.0 Å². The maximum Gasteiger partial charge on any atom is 0.0186 e. The molecule has 3 atom stereocenters. The van der Waals surface area contributed by atoms with Gasteiger partial charge in [-0.05, 0) is 39.8 Å². The zero-order valence-electron chi connectivity index (χ0n) is 10.9. The molecule has 90 valence electrons. The first-order valence-corrected chi connectivity index (χ1v) is 6.55. The normalized spacial score (nSPS) is 29.4. The maximum absolute atomic E-state index is 3.76. The topological polar surface area (TPSA) is 15.3 Å². The zero-order chi connectivity index (χ0) is 11.3. The summed E-state index contributed by atoms with van der Waals surface area (Å²) in [5, 5.41) is 3.76. The fourth-order valence-corrected chi connectivity index (χ4v) is 2.47. The van der Waals surface area contributed by atoms with Crippen LogP contribution in [0.3, 0.4) is 0 Å². The van der Waals surface area contributed by atoms with E-state index < -0.39 is 0 Å².